The van der Waals surface area contributed by atoms with Gasteiger partial charge in [-0.05, 0) is 25.5 Å². The van der Waals surface area contributed by atoms with Crippen LogP contribution in [-0.4, -0.2) is 24.6 Å². The van der Waals surface area contributed by atoms with Gasteiger partial charge in [-0.2, -0.15) is 0 Å². The smallest absolute Gasteiger partial charge is 0.347 e. The molecule has 0 aliphatic heterocycles. The van der Waals surface area contributed by atoms with Crippen molar-refractivity contribution in [1.29, 1.82) is 0 Å². The van der Waals surface area contributed by atoms with E-state index in [0.717, 1.165) is 6.42 Å². The van der Waals surface area contributed by atoms with Crippen LogP contribution in [0.15, 0.2) is 30.3 Å². The molecule has 0 bridgehead atoms. The minimum Gasteiger partial charge on any atom is -0.463 e. The Morgan fingerprint density at radius 1 is 1.17 bits per heavy atom. The summed E-state index contributed by atoms with van der Waals surface area (Å²) in [5.74, 6) is -0.981. The van der Waals surface area contributed by atoms with E-state index in [2.05, 4.69) is 0 Å². The fourth-order valence-electron chi connectivity index (χ4n) is 1.49. The first kappa shape index (κ1) is 14.2. The van der Waals surface area contributed by atoms with Crippen molar-refractivity contribution >= 4 is 11.9 Å². The molecule has 0 saturated heterocycles. The quantitative estimate of drug-likeness (QED) is 0.728. The minimum absolute atomic E-state index is 0.280. The maximum absolute atomic E-state index is 11.8. The number of carbonyl (C=O) groups is 2. The van der Waals surface area contributed by atoms with E-state index in [9.17, 15) is 9.59 Å². The number of hydrogen-bond donors (Lipinski definition) is 0. The second kappa shape index (κ2) is 7.48. The van der Waals surface area contributed by atoms with Crippen LogP contribution in [0.5, 0.6) is 0 Å². The van der Waals surface area contributed by atoms with Crippen molar-refractivity contribution in [2.45, 2.75) is 32.8 Å². The van der Waals surface area contributed by atoms with E-state index < -0.39 is 18.0 Å². The molecule has 1 unspecified atom stereocenters. The van der Waals surface area contributed by atoms with Gasteiger partial charge in [0.25, 0.3) is 0 Å². The standard InChI is InChI=1S/C14H18O4/c1-3-8-12(14(16)17-4-2)18-13(15)11-9-6-5-7-10-11/h5-7,9-10,12H,3-4,8H2,1-2H3. The van der Waals surface area contributed by atoms with Crippen LogP contribution in [0.4, 0.5) is 0 Å². The number of esters is 2. The van der Waals surface area contributed by atoms with Crippen molar-refractivity contribution < 1.29 is 19.1 Å². The zero-order valence-corrected chi connectivity index (χ0v) is 10.7. The summed E-state index contributed by atoms with van der Waals surface area (Å²) in [6, 6.07) is 8.60. The van der Waals surface area contributed by atoms with E-state index >= 15 is 0 Å². The van der Waals surface area contributed by atoms with Crippen molar-refractivity contribution in [2.24, 2.45) is 0 Å². The second-order valence-electron chi connectivity index (χ2n) is 3.80. The van der Waals surface area contributed by atoms with Crippen LogP contribution in [0.2, 0.25) is 0 Å². The first-order valence-electron chi connectivity index (χ1n) is 6.11. The SMILES string of the molecule is CCCC(OC(=O)c1ccccc1)C(=O)OCC. The normalized spacial score (nSPS) is 11.7. The van der Waals surface area contributed by atoms with Crippen molar-refractivity contribution in [3.63, 3.8) is 0 Å². The van der Waals surface area contributed by atoms with Crippen LogP contribution in [0.3, 0.4) is 0 Å². The van der Waals surface area contributed by atoms with E-state index in [1.165, 1.54) is 0 Å². The summed E-state index contributed by atoms with van der Waals surface area (Å²) in [6.07, 6.45) is 0.394. The molecule has 0 spiro atoms. The Labute approximate surface area is 107 Å². The summed E-state index contributed by atoms with van der Waals surface area (Å²) in [7, 11) is 0. The van der Waals surface area contributed by atoms with Gasteiger partial charge in [0, 0.05) is 0 Å². The monoisotopic (exact) mass is 250 g/mol. The fourth-order valence-corrected chi connectivity index (χ4v) is 1.49. The van der Waals surface area contributed by atoms with Crippen LogP contribution in [0.1, 0.15) is 37.0 Å². The van der Waals surface area contributed by atoms with Crippen LogP contribution >= 0.6 is 0 Å². The number of hydrogen-bond acceptors (Lipinski definition) is 4. The minimum atomic E-state index is -0.817. The Morgan fingerprint density at radius 3 is 2.39 bits per heavy atom. The van der Waals surface area contributed by atoms with E-state index in [1.807, 2.05) is 13.0 Å². The molecule has 0 aliphatic rings. The number of benzene rings is 1. The highest BCUT2D eigenvalue weighted by Crippen LogP contribution is 2.09. The molecule has 1 atom stereocenters. The molecule has 18 heavy (non-hydrogen) atoms. The average molecular weight is 250 g/mol. The molecule has 1 rings (SSSR count). The lowest BCUT2D eigenvalue weighted by Crippen LogP contribution is -2.29. The molecule has 4 heteroatoms. The first-order valence-corrected chi connectivity index (χ1v) is 6.11. The lowest BCUT2D eigenvalue weighted by Gasteiger charge is -2.15. The van der Waals surface area contributed by atoms with Crippen LogP contribution in [-0.2, 0) is 14.3 Å². The Hall–Kier alpha value is -1.84. The Balaban J connectivity index is 2.66. The van der Waals surface area contributed by atoms with Gasteiger partial charge in [0.15, 0.2) is 6.10 Å². The van der Waals surface area contributed by atoms with E-state index in [4.69, 9.17) is 9.47 Å². The molecular formula is C14H18O4. The van der Waals surface area contributed by atoms with E-state index in [0.29, 0.717) is 12.0 Å². The zero-order chi connectivity index (χ0) is 13.4. The van der Waals surface area contributed by atoms with Gasteiger partial charge in [-0.1, -0.05) is 31.5 Å². The molecule has 0 amide bonds. The molecule has 1 aromatic rings. The van der Waals surface area contributed by atoms with Gasteiger partial charge in [0.2, 0.25) is 0 Å². The van der Waals surface area contributed by atoms with Gasteiger partial charge in [-0.15, -0.1) is 0 Å². The number of carbonyl (C=O) groups excluding carboxylic acids is 2. The molecule has 0 aliphatic carbocycles. The predicted molar refractivity (Wildman–Crippen MR) is 67.2 cm³/mol. The van der Waals surface area contributed by atoms with E-state index in [1.54, 1.807) is 31.2 Å². The molecular weight excluding hydrogens is 232 g/mol. The topological polar surface area (TPSA) is 52.6 Å². The summed E-state index contributed by atoms with van der Waals surface area (Å²) < 4.78 is 10.1. The Morgan fingerprint density at radius 2 is 1.83 bits per heavy atom. The van der Waals surface area contributed by atoms with Gasteiger partial charge in [0.1, 0.15) is 0 Å². The lowest BCUT2D eigenvalue weighted by atomic mass is 10.2. The molecule has 1 aromatic carbocycles. The molecule has 4 nitrogen and oxygen atoms in total. The highest BCUT2D eigenvalue weighted by molar-refractivity contribution is 5.91. The summed E-state index contributed by atoms with van der Waals surface area (Å²) in [6.45, 7) is 3.92. The van der Waals surface area contributed by atoms with Crippen molar-refractivity contribution in [3.05, 3.63) is 35.9 Å². The third kappa shape index (κ3) is 4.20. The molecule has 0 radical (unpaired) electrons. The molecule has 0 heterocycles. The van der Waals surface area contributed by atoms with Gasteiger partial charge in [0.05, 0.1) is 12.2 Å². The summed E-state index contributed by atoms with van der Waals surface area (Å²) in [5, 5.41) is 0. The van der Waals surface area contributed by atoms with Gasteiger partial charge < -0.3 is 9.47 Å². The highest BCUT2D eigenvalue weighted by Gasteiger charge is 2.23. The van der Waals surface area contributed by atoms with Crippen LogP contribution < -0.4 is 0 Å². The molecule has 98 valence electrons. The second-order valence-corrected chi connectivity index (χ2v) is 3.80. The fraction of sp³-hybridized carbons (Fsp3) is 0.429. The number of rotatable bonds is 6. The van der Waals surface area contributed by atoms with Gasteiger partial charge in [-0.3, -0.25) is 0 Å². The van der Waals surface area contributed by atoms with Gasteiger partial charge in [-0.25, -0.2) is 9.59 Å². The maximum atomic E-state index is 11.8. The Bertz CT molecular complexity index is 386. The largest absolute Gasteiger partial charge is 0.463 e. The molecule has 0 saturated carbocycles. The number of ether oxygens (including phenoxy) is 2. The third-order valence-electron chi connectivity index (χ3n) is 2.36. The zero-order valence-electron chi connectivity index (χ0n) is 10.7. The lowest BCUT2D eigenvalue weighted by molar-refractivity contribution is -0.153. The van der Waals surface area contributed by atoms with E-state index in [-0.39, 0.29) is 6.61 Å². The summed E-state index contributed by atoms with van der Waals surface area (Å²) in [4.78, 5) is 23.4. The first-order chi connectivity index (χ1) is 8.69. The highest BCUT2D eigenvalue weighted by atomic mass is 16.6. The van der Waals surface area contributed by atoms with Crippen molar-refractivity contribution in [1.82, 2.24) is 0 Å². The molecule has 0 N–H and O–H groups in total. The summed E-state index contributed by atoms with van der Waals surface area (Å²) in [5.41, 5.74) is 0.433. The van der Waals surface area contributed by atoms with Crippen molar-refractivity contribution in [3.8, 4) is 0 Å². The van der Waals surface area contributed by atoms with Crippen molar-refractivity contribution in [2.75, 3.05) is 6.61 Å². The predicted octanol–water partition coefficient (Wildman–Crippen LogP) is 2.58. The van der Waals surface area contributed by atoms with Gasteiger partial charge >= 0.3 is 11.9 Å². The maximum Gasteiger partial charge on any atom is 0.347 e. The van der Waals surface area contributed by atoms with Crippen LogP contribution in [0, 0.1) is 0 Å². The van der Waals surface area contributed by atoms with Crippen LogP contribution in [0.25, 0.3) is 0 Å². The Kier molecular flexibility index (Phi) is 5.91. The molecule has 0 aromatic heterocycles. The molecule has 0 fully saturated rings. The third-order valence-corrected chi connectivity index (χ3v) is 2.36. The summed E-state index contributed by atoms with van der Waals surface area (Å²) >= 11 is 0. The average Bonchev–Trinajstić information content (AvgIpc) is 2.39.